The molecule has 3 aromatic rings. The maximum Gasteiger partial charge on any atom is 0.407 e. The number of hydrogen-bond acceptors (Lipinski definition) is 11. The van der Waals surface area contributed by atoms with Gasteiger partial charge in [-0.15, -0.1) is 11.7 Å². The van der Waals surface area contributed by atoms with Gasteiger partial charge >= 0.3 is 12.1 Å². The molecule has 5 N–H and O–H groups in total. The van der Waals surface area contributed by atoms with Crippen LogP contribution in [0.4, 0.5) is 4.79 Å². The number of nitrogens with one attached hydrogen (secondary N) is 1. The molecule has 11 nitrogen and oxygen atoms in total. The van der Waals surface area contributed by atoms with Crippen molar-refractivity contribution < 1.29 is 49.0 Å². The van der Waals surface area contributed by atoms with Crippen molar-refractivity contribution in [1.29, 1.82) is 0 Å². The van der Waals surface area contributed by atoms with Crippen molar-refractivity contribution in [1.82, 2.24) is 5.32 Å². The maximum atomic E-state index is 12.8. The SMILES string of the molecule is COc1ccc([C@@]23Oc4cc(OCCCCNC(=O)OCC(C)(C)SS)cc(CO)c4[C@]2(O)[C@H](O)[C@H](C(=O)O)[C@H]3c2ccccc2)cc1. The number of carbonyl (C=O) groups excluding carboxylic acids is 1. The summed E-state index contributed by atoms with van der Waals surface area (Å²) in [6.07, 6.45) is -1.14. The fourth-order valence-corrected chi connectivity index (χ4v) is 7.04. The van der Waals surface area contributed by atoms with Gasteiger partial charge in [0.15, 0.2) is 11.2 Å². The third kappa shape index (κ3) is 6.41. The van der Waals surface area contributed by atoms with E-state index in [1.807, 2.05) is 13.8 Å². The predicted molar refractivity (Wildman–Crippen MR) is 183 cm³/mol. The van der Waals surface area contributed by atoms with Gasteiger partial charge in [0.2, 0.25) is 0 Å². The molecule has 2 aliphatic rings. The van der Waals surface area contributed by atoms with Crippen LogP contribution in [0, 0.1) is 5.92 Å². The molecule has 1 saturated carbocycles. The van der Waals surface area contributed by atoms with Gasteiger partial charge in [0, 0.05) is 24.1 Å². The lowest BCUT2D eigenvalue weighted by atomic mass is 9.70. The Morgan fingerprint density at radius 3 is 2.40 bits per heavy atom. The molecule has 5 rings (SSSR count). The van der Waals surface area contributed by atoms with Crippen molar-refractivity contribution in [3.05, 3.63) is 89.0 Å². The first-order chi connectivity index (χ1) is 22.9. The molecular weight excluding hydrogens is 659 g/mol. The number of aliphatic hydroxyl groups excluding tert-OH is 2. The van der Waals surface area contributed by atoms with E-state index >= 15 is 0 Å². The molecule has 1 aliphatic heterocycles. The molecule has 48 heavy (non-hydrogen) atoms. The first-order valence-corrected chi connectivity index (χ1v) is 17.5. The van der Waals surface area contributed by atoms with E-state index in [0.29, 0.717) is 42.0 Å². The third-order valence-corrected chi connectivity index (χ3v) is 11.1. The highest BCUT2D eigenvalue weighted by Crippen LogP contribution is 2.69. The Hall–Kier alpha value is -3.62. The van der Waals surface area contributed by atoms with Crippen LogP contribution in [0.5, 0.6) is 17.2 Å². The molecule has 3 aromatic carbocycles. The summed E-state index contributed by atoms with van der Waals surface area (Å²) in [6.45, 7) is 4.17. The van der Waals surface area contributed by atoms with Gasteiger partial charge in [-0.1, -0.05) is 53.3 Å². The van der Waals surface area contributed by atoms with Gasteiger partial charge in [-0.25, -0.2) is 4.79 Å². The molecule has 258 valence electrons. The number of rotatable bonds is 14. The van der Waals surface area contributed by atoms with Crippen LogP contribution in [0.15, 0.2) is 66.7 Å². The molecule has 5 atom stereocenters. The van der Waals surface area contributed by atoms with Crippen molar-refractivity contribution in [3.63, 3.8) is 0 Å². The zero-order chi connectivity index (χ0) is 34.7. The number of carboxylic acids is 1. The Kier molecular flexibility index (Phi) is 10.8. The van der Waals surface area contributed by atoms with E-state index in [1.165, 1.54) is 17.9 Å². The Morgan fingerprint density at radius 2 is 1.77 bits per heavy atom. The van der Waals surface area contributed by atoms with Crippen LogP contribution in [0.25, 0.3) is 0 Å². The normalized spacial score (nSPS) is 24.3. The fourth-order valence-electron chi connectivity index (χ4n) is 6.77. The molecule has 13 heteroatoms. The number of benzene rings is 3. The van der Waals surface area contributed by atoms with Gasteiger partial charge in [0.1, 0.15) is 30.0 Å². The highest BCUT2D eigenvalue weighted by Gasteiger charge is 2.77. The molecule has 0 aromatic heterocycles. The standard InChI is InChI=1S/C35H41NO10S2/c1-33(2,48-47)20-45-32(41)36-15-7-8-16-44-25-17-22(19-37)28-26(18-25)46-35(23-11-13-24(43-3)14-12-23)29(21-9-5-4-6-10-21)27(31(39)40)30(38)34(28,35)42/h4-6,9-14,17-18,27,29-30,37-38,42,47H,7-8,15-16,19-20H2,1-3H3,(H,36,41)(H,39,40)/t27-,29-,30-,34+,35+/m1/s1. The molecule has 0 saturated heterocycles. The molecule has 1 heterocycles. The second kappa shape index (κ2) is 14.5. The predicted octanol–water partition coefficient (Wildman–Crippen LogP) is 4.76. The summed E-state index contributed by atoms with van der Waals surface area (Å²) >= 11 is 4.18. The maximum absolute atomic E-state index is 12.8. The van der Waals surface area contributed by atoms with Crippen molar-refractivity contribution in [3.8, 4) is 17.2 Å². The van der Waals surface area contributed by atoms with Crippen LogP contribution >= 0.6 is 22.5 Å². The summed E-state index contributed by atoms with van der Waals surface area (Å²) in [6, 6.07) is 18.7. The number of alkyl carbamates (subject to hydrolysis) is 1. The zero-order valence-corrected chi connectivity index (χ0v) is 28.6. The first-order valence-electron chi connectivity index (χ1n) is 15.6. The van der Waals surface area contributed by atoms with Crippen molar-refractivity contribution in [2.75, 3.05) is 26.9 Å². The number of thiol groups is 1. The van der Waals surface area contributed by atoms with Gasteiger partial charge in [0.05, 0.1) is 31.0 Å². The number of aliphatic carboxylic acids is 1. The van der Waals surface area contributed by atoms with Crippen molar-refractivity contribution in [2.24, 2.45) is 5.92 Å². The minimum absolute atomic E-state index is 0.104. The van der Waals surface area contributed by atoms with E-state index in [-0.39, 0.29) is 34.8 Å². The number of carboxylic acid groups (broad SMARTS) is 1. The number of fused-ring (bicyclic) bond motifs is 3. The molecular formula is C35H41NO10S2. The molecule has 1 aliphatic carbocycles. The third-order valence-electron chi connectivity index (χ3n) is 8.98. The number of unbranched alkanes of at least 4 members (excludes halogenated alkanes) is 1. The van der Waals surface area contributed by atoms with Gasteiger partial charge in [0.25, 0.3) is 0 Å². The molecule has 1 amide bonds. The topological polar surface area (TPSA) is 164 Å². The number of ether oxygens (including phenoxy) is 4. The molecule has 1 fully saturated rings. The quantitative estimate of drug-likeness (QED) is 0.0781. The second-order valence-electron chi connectivity index (χ2n) is 12.6. The molecule has 0 radical (unpaired) electrons. The van der Waals surface area contributed by atoms with Crippen LogP contribution in [0.1, 0.15) is 54.9 Å². The number of hydrogen-bond donors (Lipinski definition) is 6. The summed E-state index contributed by atoms with van der Waals surface area (Å²) in [5.74, 6) is -2.76. The fraction of sp³-hybridized carbons (Fsp3) is 0.429. The van der Waals surface area contributed by atoms with Gasteiger partial charge < -0.3 is 44.7 Å². The summed E-state index contributed by atoms with van der Waals surface area (Å²) in [4.78, 5) is 24.8. The summed E-state index contributed by atoms with van der Waals surface area (Å²) in [5, 5.41) is 48.3. The Morgan fingerprint density at radius 1 is 1.06 bits per heavy atom. The zero-order valence-electron chi connectivity index (χ0n) is 26.9. The van der Waals surface area contributed by atoms with Crippen LogP contribution in [-0.4, -0.2) is 70.2 Å². The lowest BCUT2D eigenvalue weighted by Gasteiger charge is -2.41. The van der Waals surface area contributed by atoms with Crippen LogP contribution in [0.3, 0.4) is 0 Å². The second-order valence-corrected chi connectivity index (χ2v) is 14.4. The van der Waals surface area contributed by atoms with E-state index < -0.39 is 47.8 Å². The van der Waals surface area contributed by atoms with Gasteiger partial charge in [-0.2, -0.15) is 0 Å². The van der Waals surface area contributed by atoms with Crippen molar-refractivity contribution >= 4 is 34.5 Å². The lowest BCUT2D eigenvalue weighted by molar-refractivity contribution is -0.159. The van der Waals surface area contributed by atoms with E-state index in [9.17, 15) is 30.0 Å². The summed E-state index contributed by atoms with van der Waals surface area (Å²) < 4.78 is 23.0. The van der Waals surface area contributed by atoms with E-state index in [1.54, 1.807) is 66.7 Å². The van der Waals surface area contributed by atoms with Crippen LogP contribution in [-0.2, 0) is 27.3 Å². The molecule has 0 bridgehead atoms. The highest BCUT2D eigenvalue weighted by atomic mass is 33.1. The highest BCUT2D eigenvalue weighted by molar-refractivity contribution is 8.69. The summed E-state index contributed by atoms with van der Waals surface area (Å²) in [5.41, 5.74) is -2.79. The Bertz CT molecular complexity index is 1600. The monoisotopic (exact) mass is 699 g/mol. The Labute approximate surface area is 288 Å². The first kappa shape index (κ1) is 35.7. The van der Waals surface area contributed by atoms with E-state index in [4.69, 9.17) is 18.9 Å². The number of carbonyl (C=O) groups is 2. The van der Waals surface area contributed by atoms with Gasteiger partial charge in [-0.3, -0.25) is 4.79 Å². The largest absolute Gasteiger partial charge is 0.497 e. The van der Waals surface area contributed by atoms with Crippen molar-refractivity contribution in [2.45, 2.75) is 61.3 Å². The summed E-state index contributed by atoms with van der Waals surface area (Å²) in [7, 11) is 2.83. The molecule has 0 spiro atoms. The lowest BCUT2D eigenvalue weighted by Crippen LogP contribution is -2.52. The van der Waals surface area contributed by atoms with Gasteiger partial charge in [-0.05, 0) is 61.6 Å². The average Bonchev–Trinajstić information content (AvgIpc) is 3.47. The van der Waals surface area contributed by atoms with Crippen LogP contribution in [0.2, 0.25) is 0 Å². The van der Waals surface area contributed by atoms with E-state index in [2.05, 4.69) is 17.0 Å². The Balaban J connectivity index is 1.43. The smallest absolute Gasteiger partial charge is 0.407 e. The van der Waals surface area contributed by atoms with E-state index in [0.717, 1.165) is 0 Å². The minimum atomic E-state index is -2.28. The molecule has 0 unspecified atom stereocenters. The minimum Gasteiger partial charge on any atom is -0.497 e. The van der Waals surface area contributed by atoms with Crippen LogP contribution < -0.4 is 19.5 Å². The average molecular weight is 700 g/mol. The number of methoxy groups -OCH3 is 1. The number of amides is 1. The number of aliphatic hydroxyl groups is 3.